The Morgan fingerprint density at radius 1 is 1.35 bits per heavy atom. The molecule has 17 heavy (non-hydrogen) atoms. The molecule has 0 fully saturated rings. The number of aromatic nitrogens is 1. The van der Waals surface area contributed by atoms with E-state index in [1.165, 1.54) is 12.1 Å². The number of rotatable bonds is 3. The van der Waals surface area contributed by atoms with E-state index >= 15 is 0 Å². The van der Waals surface area contributed by atoms with Crippen molar-refractivity contribution in [3.8, 4) is 5.88 Å². The molecule has 1 aromatic heterocycles. The zero-order chi connectivity index (χ0) is 12.3. The summed E-state index contributed by atoms with van der Waals surface area (Å²) >= 11 is 5.79. The largest absolute Gasteiger partial charge is 0.472 e. The summed E-state index contributed by atoms with van der Waals surface area (Å²) in [5.74, 6) is 0.176. The highest BCUT2D eigenvalue weighted by molar-refractivity contribution is 6.30. The average molecular weight is 252 g/mol. The van der Waals surface area contributed by atoms with Gasteiger partial charge in [-0.05, 0) is 31.2 Å². The van der Waals surface area contributed by atoms with Crippen LogP contribution in [0.15, 0.2) is 36.5 Å². The molecule has 1 aromatic carbocycles. The van der Waals surface area contributed by atoms with Crippen LogP contribution in [0.5, 0.6) is 5.88 Å². The molecule has 0 radical (unpaired) electrons. The number of pyridine rings is 1. The number of ether oxygens (including phenoxy) is 1. The molecule has 0 bridgehead atoms. The Kier molecular flexibility index (Phi) is 3.59. The molecule has 0 saturated heterocycles. The van der Waals surface area contributed by atoms with E-state index in [4.69, 9.17) is 16.3 Å². The van der Waals surface area contributed by atoms with Crippen LogP contribution in [-0.2, 0) is 6.61 Å². The molecule has 0 aliphatic rings. The first kappa shape index (κ1) is 11.9. The van der Waals surface area contributed by atoms with Crippen LogP contribution in [0.2, 0.25) is 5.02 Å². The van der Waals surface area contributed by atoms with Crippen LogP contribution in [-0.4, -0.2) is 4.98 Å². The topological polar surface area (TPSA) is 22.1 Å². The molecular weight excluding hydrogens is 241 g/mol. The van der Waals surface area contributed by atoms with E-state index in [1.807, 2.05) is 19.1 Å². The van der Waals surface area contributed by atoms with Gasteiger partial charge in [-0.2, -0.15) is 0 Å². The number of hydrogen-bond donors (Lipinski definition) is 0. The summed E-state index contributed by atoms with van der Waals surface area (Å²) in [6, 6.07) is 8.09. The quantitative estimate of drug-likeness (QED) is 0.829. The van der Waals surface area contributed by atoms with Gasteiger partial charge in [-0.3, -0.25) is 0 Å². The molecule has 1 heterocycles. The van der Waals surface area contributed by atoms with Crippen molar-refractivity contribution < 1.29 is 9.13 Å². The maximum absolute atomic E-state index is 13.4. The lowest BCUT2D eigenvalue weighted by Gasteiger charge is -2.08. The Hall–Kier alpha value is -1.61. The highest BCUT2D eigenvalue weighted by Crippen LogP contribution is 2.18. The minimum atomic E-state index is -0.331. The van der Waals surface area contributed by atoms with E-state index in [0.717, 1.165) is 5.56 Å². The van der Waals surface area contributed by atoms with Gasteiger partial charge in [-0.25, -0.2) is 9.37 Å². The fraction of sp³-hybridized carbons (Fsp3) is 0.154. The molecule has 4 heteroatoms. The molecular formula is C13H11ClFNO. The molecule has 2 nitrogen and oxygen atoms in total. The van der Waals surface area contributed by atoms with E-state index in [9.17, 15) is 4.39 Å². The van der Waals surface area contributed by atoms with Crippen molar-refractivity contribution in [1.29, 1.82) is 0 Å². The Morgan fingerprint density at radius 2 is 2.18 bits per heavy atom. The van der Waals surface area contributed by atoms with Crippen molar-refractivity contribution >= 4 is 11.6 Å². The van der Waals surface area contributed by atoms with Gasteiger partial charge in [0, 0.05) is 22.3 Å². The first-order chi connectivity index (χ1) is 8.16. The van der Waals surface area contributed by atoms with E-state index in [-0.39, 0.29) is 12.4 Å². The Morgan fingerprint density at radius 3 is 2.94 bits per heavy atom. The first-order valence-electron chi connectivity index (χ1n) is 5.15. The zero-order valence-electron chi connectivity index (χ0n) is 9.28. The molecule has 0 atom stereocenters. The highest BCUT2D eigenvalue weighted by atomic mass is 35.5. The SMILES string of the molecule is Cc1cccnc1OCc1cc(Cl)ccc1F. The van der Waals surface area contributed by atoms with E-state index < -0.39 is 0 Å². The number of nitrogens with zero attached hydrogens (tertiary/aromatic N) is 1. The smallest absolute Gasteiger partial charge is 0.216 e. The average Bonchev–Trinajstić information content (AvgIpc) is 2.32. The van der Waals surface area contributed by atoms with Gasteiger partial charge in [-0.15, -0.1) is 0 Å². The highest BCUT2D eigenvalue weighted by Gasteiger charge is 2.05. The monoisotopic (exact) mass is 251 g/mol. The van der Waals surface area contributed by atoms with Crippen LogP contribution in [0, 0.1) is 12.7 Å². The molecule has 2 rings (SSSR count). The van der Waals surface area contributed by atoms with Crippen LogP contribution < -0.4 is 4.74 Å². The second-order valence-corrected chi connectivity index (χ2v) is 4.09. The molecule has 0 aliphatic heterocycles. The second kappa shape index (κ2) is 5.15. The maximum Gasteiger partial charge on any atom is 0.216 e. The third-order valence-electron chi connectivity index (χ3n) is 2.33. The first-order valence-corrected chi connectivity index (χ1v) is 5.53. The van der Waals surface area contributed by atoms with Gasteiger partial charge in [0.1, 0.15) is 12.4 Å². The fourth-order valence-electron chi connectivity index (χ4n) is 1.42. The summed E-state index contributed by atoms with van der Waals surface area (Å²) in [5.41, 5.74) is 1.33. The molecule has 0 unspecified atom stereocenters. The van der Waals surface area contributed by atoms with Gasteiger partial charge in [-0.1, -0.05) is 17.7 Å². The minimum absolute atomic E-state index is 0.115. The molecule has 0 amide bonds. The third-order valence-corrected chi connectivity index (χ3v) is 2.57. The summed E-state index contributed by atoms with van der Waals surface area (Å²) in [6.07, 6.45) is 1.64. The molecule has 0 spiro atoms. The normalized spacial score (nSPS) is 10.3. The fourth-order valence-corrected chi connectivity index (χ4v) is 1.62. The van der Waals surface area contributed by atoms with Gasteiger partial charge in [0.25, 0.3) is 0 Å². The number of halogens is 2. The van der Waals surface area contributed by atoms with E-state index in [0.29, 0.717) is 16.5 Å². The van der Waals surface area contributed by atoms with Crippen molar-refractivity contribution in [2.75, 3.05) is 0 Å². The lowest BCUT2D eigenvalue weighted by molar-refractivity contribution is 0.286. The van der Waals surface area contributed by atoms with Crippen LogP contribution in [0.1, 0.15) is 11.1 Å². The van der Waals surface area contributed by atoms with Crippen molar-refractivity contribution in [2.24, 2.45) is 0 Å². The molecule has 0 aliphatic carbocycles. The van der Waals surface area contributed by atoms with Gasteiger partial charge >= 0.3 is 0 Å². The predicted molar refractivity (Wildman–Crippen MR) is 64.7 cm³/mol. The Bertz CT molecular complexity index is 531. The Balaban J connectivity index is 2.12. The lowest BCUT2D eigenvalue weighted by Crippen LogP contribution is -2.01. The van der Waals surface area contributed by atoms with Crippen LogP contribution >= 0.6 is 11.6 Å². The minimum Gasteiger partial charge on any atom is -0.472 e. The van der Waals surface area contributed by atoms with Crippen LogP contribution in [0.4, 0.5) is 4.39 Å². The van der Waals surface area contributed by atoms with E-state index in [1.54, 1.807) is 12.3 Å². The van der Waals surface area contributed by atoms with Crippen molar-refractivity contribution in [3.63, 3.8) is 0 Å². The van der Waals surface area contributed by atoms with Crippen LogP contribution in [0.3, 0.4) is 0 Å². The standard InChI is InChI=1S/C13H11ClFNO/c1-9-3-2-6-16-13(9)17-8-10-7-11(14)4-5-12(10)15/h2-7H,8H2,1H3. The summed E-state index contributed by atoms with van der Waals surface area (Å²) in [4.78, 5) is 4.07. The Labute approximate surface area is 104 Å². The summed E-state index contributed by atoms with van der Waals surface area (Å²) in [6.45, 7) is 2.00. The molecule has 2 aromatic rings. The van der Waals surface area contributed by atoms with Crippen LogP contribution in [0.25, 0.3) is 0 Å². The summed E-state index contributed by atoms with van der Waals surface area (Å²) in [7, 11) is 0. The van der Waals surface area contributed by atoms with Gasteiger partial charge in [0.05, 0.1) is 0 Å². The van der Waals surface area contributed by atoms with E-state index in [2.05, 4.69) is 4.98 Å². The number of hydrogen-bond acceptors (Lipinski definition) is 2. The second-order valence-electron chi connectivity index (χ2n) is 3.65. The van der Waals surface area contributed by atoms with Crippen molar-refractivity contribution in [3.05, 3.63) is 58.5 Å². The van der Waals surface area contributed by atoms with Crippen molar-refractivity contribution in [2.45, 2.75) is 13.5 Å². The van der Waals surface area contributed by atoms with Crippen molar-refractivity contribution in [1.82, 2.24) is 4.98 Å². The third kappa shape index (κ3) is 2.94. The summed E-state index contributed by atoms with van der Waals surface area (Å²) in [5, 5.41) is 0.489. The number of aryl methyl sites for hydroxylation is 1. The zero-order valence-corrected chi connectivity index (χ0v) is 10.0. The van der Waals surface area contributed by atoms with Gasteiger partial charge in [0.15, 0.2) is 0 Å². The molecule has 88 valence electrons. The number of benzene rings is 1. The maximum atomic E-state index is 13.4. The predicted octanol–water partition coefficient (Wildman–Crippen LogP) is 3.76. The lowest BCUT2D eigenvalue weighted by atomic mass is 10.2. The molecule has 0 saturated carbocycles. The summed E-state index contributed by atoms with van der Waals surface area (Å²) < 4.78 is 18.9. The molecule has 0 N–H and O–H groups in total. The van der Waals surface area contributed by atoms with Gasteiger partial charge in [0.2, 0.25) is 5.88 Å². The van der Waals surface area contributed by atoms with Gasteiger partial charge < -0.3 is 4.74 Å².